The summed E-state index contributed by atoms with van der Waals surface area (Å²) < 4.78 is 1.13. The van der Waals surface area contributed by atoms with Crippen molar-refractivity contribution < 1.29 is 0 Å². The fourth-order valence-corrected chi connectivity index (χ4v) is 8.02. The maximum absolute atomic E-state index is 5.24. The van der Waals surface area contributed by atoms with Crippen molar-refractivity contribution in [2.24, 2.45) is 0 Å². The molecule has 9 rings (SSSR count). The average molecular weight is 815 g/mol. The van der Waals surface area contributed by atoms with E-state index in [0.29, 0.717) is 0 Å². The zero-order chi connectivity index (χ0) is 37.0. The second-order valence-corrected chi connectivity index (χ2v) is 14.6. The summed E-state index contributed by atoms with van der Waals surface area (Å²) in [6.45, 7) is 0. The lowest BCUT2D eigenvalue weighted by Crippen LogP contribution is -1.96. The van der Waals surface area contributed by atoms with Gasteiger partial charge < -0.3 is 0 Å². The van der Waals surface area contributed by atoms with Gasteiger partial charge in [0.15, 0.2) is 0 Å². The van der Waals surface area contributed by atoms with Gasteiger partial charge in [0.05, 0.1) is 22.8 Å². The number of pyridine rings is 2. The molecule has 7 aromatic carbocycles. The van der Waals surface area contributed by atoms with Gasteiger partial charge in [0.2, 0.25) is 0 Å². The summed E-state index contributed by atoms with van der Waals surface area (Å²) in [6, 6.07) is 74.9. The molecule has 0 N–H and O–H groups in total. The van der Waals surface area contributed by atoms with Crippen LogP contribution in [0.1, 0.15) is 0 Å². The molecule has 0 fully saturated rings. The molecule has 0 spiro atoms. The van der Waals surface area contributed by atoms with E-state index in [1.807, 2.05) is 12.1 Å². The number of rotatable bonds is 8. The highest BCUT2D eigenvalue weighted by molar-refractivity contribution is 14.1. The summed E-state index contributed by atoms with van der Waals surface area (Å²) in [4.78, 5) is 10.5. The number of halogens is 1. The molecule has 2 heterocycles. The molecule has 0 atom stereocenters. The summed E-state index contributed by atoms with van der Waals surface area (Å²) in [5.41, 5.74) is 17.5. The third-order valence-electron chi connectivity index (χ3n) is 10.0. The summed E-state index contributed by atoms with van der Waals surface area (Å²) in [6.07, 6.45) is 0. The third-order valence-corrected chi connectivity index (χ3v) is 11.1. The van der Waals surface area contributed by atoms with Crippen LogP contribution in [0.5, 0.6) is 0 Å². The Labute approximate surface area is 336 Å². The van der Waals surface area contributed by atoms with E-state index < -0.39 is 0 Å². The van der Waals surface area contributed by atoms with E-state index in [9.17, 15) is 0 Å². The van der Waals surface area contributed by atoms with Crippen molar-refractivity contribution in [1.29, 1.82) is 0 Å². The molecule has 0 bridgehead atoms. The van der Waals surface area contributed by atoms with Gasteiger partial charge in [-0.15, -0.1) is 0 Å². The fraction of sp³-hybridized carbons (Fsp3) is 0. The summed E-state index contributed by atoms with van der Waals surface area (Å²) in [5.74, 6) is 0. The van der Waals surface area contributed by atoms with Gasteiger partial charge in [-0.3, -0.25) is 0 Å². The van der Waals surface area contributed by atoms with Crippen molar-refractivity contribution in [3.63, 3.8) is 0 Å². The Morgan fingerprint density at radius 2 is 0.673 bits per heavy atom. The highest BCUT2D eigenvalue weighted by Gasteiger charge is 2.17. The Morgan fingerprint density at radius 1 is 0.255 bits per heavy atom. The van der Waals surface area contributed by atoms with Crippen LogP contribution in [0.2, 0.25) is 0 Å². The highest BCUT2D eigenvalue weighted by atomic mass is 127. The van der Waals surface area contributed by atoms with E-state index in [-0.39, 0.29) is 0 Å². The van der Waals surface area contributed by atoms with Crippen molar-refractivity contribution in [1.82, 2.24) is 9.97 Å². The van der Waals surface area contributed by atoms with Gasteiger partial charge in [0.1, 0.15) is 0 Å². The van der Waals surface area contributed by atoms with Crippen molar-refractivity contribution in [2.45, 2.75) is 0 Å². The molecule has 2 nitrogen and oxygen atoms in total. The van der Waals surface area contributed by atoms with Gasteiger partial charge in [-0.25, -0.2) is 9.97 Å². The highest BCUT2D eigenvalue weighted by Crippen LogP contribution is 2.39. The Morgan fingerprint density at radius 3 is 1.29 bits per heavy atom. The molecular weight excluding hydrogens is 779 g/mol. The normalized spacial score (nSPS) is 11.0. The topological polar surface area (TPSA) is 25.8 Å². The number of nitrogens with zero attached hydrogens (tertiary/aromatic N) is 2. The molecular formula is C52H35IN2. The van der Waals surface area contributed by atoms with Gasteiger partial charge >= 0.3 is 0 Å². The standard InChI is InChI=1S/C52H35IN2/c53-50-47(35-49(55-52(50)43-20-11-4-12-21-43)41-30-26-37(27-31-41)36-14-5-1-6-15-36)39-28-24-38(25-29-39)44-22-13-23-45(34-44)46-32-33-48(40-16-7-2-8-17-40)54-51(46)42-18-9-3-10-19-42/h1-35H. The van der Waals surface area contributed by atoms with E-state index in [1.165, 1.54) is 11.1 Å². The Balaban J connectivity index is 1.08. The van der Waals surface area contributed by atoms with Crippen molar-refractivity contribution in [2.75, 3.05) is 0 Å². The van der Waals surface area contributed by atoms with Gasteiger partial charge in [0.25, 0.3) is 0 Å². The van der Waals surface area contributed by atoms with Crippen LogP contribution >= 0.6 is 22.6 Å². The number of benzene rings is 7. The maximum atomic E-state index is 5.24. The summed E-state index contributed by atoms with van der Waals surface area (Å²) in [5, 5.41) is 0. The number of hydrogen-bond donors (Lipinski definition) is 0. The second-order valence-electron chi connectivity index (χ2n) is 13.5. The number of hydrogen-bond acceptors (Lipinski definition) is 2. The van der Waals surface area contributed by atoms with Gasteiger partial charge in [-0.1, -0.05) is 194 Å². The zero-order valence-electron chi connectivity index (χ0n) is 30.0. The Bertz CT molecular complexity index is 2710. The van der Waals surface area contributed by atoms with E-state index in [1.54, 1.807) is 0 Å². The molecule has 0 aliphatic rings. The minimum absolute atomic E-state index is 0.951. The lowest BCUT2D eigenvalue weighted by atomic mass is 9.94. The quantitative estimate of drug-likeness (QED) is 0.143. The van der Waals surface area contributed by atoms with Gasteiger partial charge in [0, 0.05) is 31.4 Å². The van der Waals surface area contributed by atoms with Crippen LogP contribution in [-0.4, -0.2) is 9.97 Å². The Kier molecular flexibility index (Phi) is 9.68. The molecule has 0 amide bonds. The minimum Gasteiger partial charge on any atom is -0.247 e. The van der Waals surface area contributed by atoms with E-state index in [2.05, 4.69) is 223 Å². The summed E-state index contributed by atoms with van der Waals surface area (Å²) >= 11 is 2.47. The van der Waals surface area contributed by atoms with Crippen molar-refractivity contribution in [3.8, 4) is 89.5 Å². The van der Waals surface area contributed by atoms with Crippen LogP contribution in [0.4, 0.5) is 0 Å². The van der Waals surface area contributed by atoms with Crippen LogP contribution in [0.15, 0.2) is 212 Å². The third kappa shape index (κ3) is 7.27. The van der Waals surface area contributed by atoms with Gasteiger partial charge in [-0.2, -0.15) is 0 Å². The predicted octanol–water partition coefficient (Wildman–Crippen LogP) is 14.4. The molecule has 55 heavy (non-hydrogen) atoms. The largest absolute Gasteiger partial charge is 0.247 e. The smallest absolute Gasteiger partial charge is 0.0849 e. The van der Waals surface area contributed by atoms with Crippen LogP contribution < -0.4 is 0 Å². The van der Waals surface area contributed by atoms with E-state index >= 15 is 0 Å². The first kappa shape index (κ1) is 34.3. The first-order valence-corrected chi connectivity index (χ1v) is 19.5. The fourth-order valence-electron chi connectivity index (χ4n) is 7.13. The van der Waals surface area contributed by atoms with E-state index in [4.69, 9.17) is 9.97 Å². The molecule has 0 saturated heterocycles. The van der Waals surface area contributed by atoms with E-state index in [0.717, 1.165) is 82.0 Å². The van der Waals surface area contributed by atoms with Gasteiger partial charge in [-0.05, 0) is 79.7 Å². The SMILES string of the molecule is Ic1c(-c2ccc(-c3cccc(-c4ccc(-c5ccccc5)nc4-c4ccccc4)c3)cc2)cc(-c2ccc(-c3ccccc3)cc2)nc1-c1ccccc1. The lowest BCUT2D eigenvalue weighted by molar-refractivity contribution is 1.30. The molecule has 0 unspecified atom stereocenters. The zero-order valence-corrected chi connectivity index (χ0v) is 32.1. The van der Waals surface area contributed by atoms with Crippen LogP contribution in [0.3, 0.4) is 0 Å². The minimum atomic E-state index is 0.951. The molecule has 0 saturated carbocycles. The van der Waals surface area contributed by atoms with Crippen molar-refractivity contribution >= 4 is 22.6 Å². The molecule has 0 radical (unpaired) electrons. The monoisotopic (exact) mass is 814 g/mol. The summed E-state index contributed by atoms with van der Waals surface area (Å²) in [7, 11) is 0. The second kappa shape index (κ2) is 15.5. The lowest BCUT2D eigenvalue weighted by Gasteiger charge is -2.15. The average Bonchev–Trinajstić information content (AvgIpc) is 3.28. The Hall–Kier alpha value is -6.43. The first-order valence-electron chi connectivity index (χ1n) is 18.4. The molecule has 260 valence electrons. The maximum Gasteiger partial charge on any atom is 0.0849 e. The molecule has 2 aromatic heterocycles. The first-order chi connectivity index (χ1) is 27.2. The van der Waals surface area contributed by atoms with Crippen molar-refractivity contribution in [3.05, 3.63) is 216 Å². The van der Waals surface area contributed by atoms with Crippen LogP contribution in [-0.2, 0) is 0 Å². The predicted molar refractivity (Wildman–Crippen MR) is 238 cm³/mol. The molecule has 3 heteroatoms. The number of aromatic nitrogens is 2. The molecule has 0 aliphatic carbocycles. The molecule has 9 aromatic rings. The van der Waals surface area contributed by atoms with Crippen LogP contribution in [0.25, 0.3) is 89.5 Å². The molecule has 0 aliphatic heterocycles. The van der Waals surface area contributed by atoms with Crippen LogP contribution in [0, 0.1) is 3.57 Å².